The molecular weight excluding hydrogens is 264 g/mol. The normalized spacial score (nSPS) is 31.1. The average molecular weight is 279 g/mol. The number of piperidine rings is 1. The molecule has 4 heteroatoms. The fourth-order valence-electron chi connectivity index (χ4n) is 3.37. The Morgan fingerprint density at radius 2 is 2.00 bits per heavy atom. The van der Waals surface area contributed by atoms with E-state index in [0.29, 0.717) is 5.92 Å². The fourth-order valence-corrected chi connectivity index (χ4v) is 4.76. The van der Waals surface area contributed by atoms with Crippen LogP contribution in [0.15, 0.2) is 18.2 Å². The van der Waals surface area contributed by atoms with Gasteiger partial charge in [0.25, 0.3) is 0 Å². The number of nitrogens with zero attached hydrogens (tertiary/aromatic N) is 1. The molecule has 0 radical (unpaired) electrons. The highest BCUT2D eigenvalue weighted by Crippen LogP contribution is 2.40. The third-order valence-electron chi connectivity index (χ3n) is 4.21. The molecule has 2 aromatic rings. The van der Waals surface area contributed by atoms with Crippen LogP contribution >= 0.6 is 22.9 Å². The lowest BCUT2D eigenvalue weighted by molar-refractivity contribution is 0.363. The van der Waals surface area contributed by atoms with Crippen molar-refractivity contribution in [1.82, 2.24) is 10.3 Å². The quantitative estimate of drug-likeness (QED) is 0.854. The predicted octanol–water partition coefficient (Wildman–Crippen LogP) is 3.95. The standard InChI is InChI=1S/C14H15ClN2S/c15-11-2-1-3-12-13(11)17-14(18-12)8-6-9-4-5-10(7-8)16-9/h1-3,8-10,16H,4-7H2/t8?,9-,10+. The molecule has 1 aromatic heterocycles. The van der Waals surface area contributed by atoms with Crippen molar-refractivity contribution in [3.8, 4) is 0 Å². The van der Waals surface area contributed by atoms with E-state index >= 15 is 0 Å². The van der Waals surface area contributed by atoms with Crippen molar-refractivity contribution in [3.05, 3.63) is 28.2 Å². The number of thiazole rings is 1. The highest BCUT2D eigenvalue weighted by molar-refractivity contribution is 7.18. The molecule has 0 spiro atoms. The Bertz CT molecular complexity index is 582. The van der Waals surface area contributed by atoms with E-state index in [4.69, 9.17) is 16.6 Å². The predicted molar refractivity (Wildman–Crippen MR) is 76.6 cm³/mol. The number of fused-ring (bicyclic) bond motifs is 3. The van der Waals surface area contributed by atoms with Crippen LogP contribution in [-0.4, -0.2) is 17.1 Å². The van der Waals surface area contributed by atoms with E-state index in [1.54, 1.807) is 0 Å². The summed E-state index contributed by atoms with van der Waals surface area (Å²) in [6, 6.07) is 7.50. The van der Waals surface area contributed by atoms with Crippen LogP contribution in [0, 0.1) is 0 Å². The second-order valence-corrected chi connectivity index (χ2v) is 6.91. The van der Waals surface area contributed by atoms with Crippen molar-refractivity contribution in [1.29, 1.82) is 0 Å². The van der Waals surface area contributed by atoms with E-state index in [-0.39, 0.29) is 0 Å². The Morgan fingerprint density at radius 3 is 2.72 bits per heavy atom. The van der Waals surface area contributed by atoms with Crippen LogP contribution in [0.5, 0.6) is 0 Å². The van der Waals surface area contributed by atoms with Crippen molar-refractivity contribution in [2.75, 3.05) is 0 Å². The molecule has 94 valence electrons. The second-order valence-electron chi connectivity index (χ2n) is 5.44. The number of benzene rings is 1. The molecule has 0 saturated carbocycles. The number of hydrogen-bond acceptors (Lipinski definition) is 3. The monoisotopic (exact) mass is 278 g/mol. The van der Waals surface area contributed by atoms with Crippen LogP contribution in [0.2, 0.25) is 5.02 Å². The summed E-state index contributed by atoms with van der Waals surface area (Å²) in [4.78, 5) is 4.79. The maximum absolute atomic E-state index is 6.21. The zero-order valence-corrected chi connectivity index (χ0v) is 11.6. The van der Waals surface area contributed by atoms with Crippen LogP contribution < -0.4 is 5.32 Å². The van der Waals surface area contributed by atoms with Gasteiger partial charge in [-0.15, -0.1) is 11.3 Å². The number of aromatic nitrogens is 1. The van der Waals surface area contributed by atoms with E-state index in [2.05, 4.69) is 11.4 Å². The summed E-state index contributed by atoms with van der Waals surface area (Å²) in [5.41, 5.74) is 0.991. The molecule has 2 bridgehead atoms. The van der Waals surface area contributed by atoms with Gasteiger partial charge in [0.15, 0.2) is 0 Å². The van der Waals surface area contributed by atoms with Gasteiger partial charge in [-0.05, 0) is 37.8 Å². The van der Waals surface area contributed by atoms with Crippen molar-refractivity contribution < 1.29 is 0 Å². The first-order chi connectivity index (χ1) is 8.79. The smallest absolute Gasteiger partial charge is 0.100 e. The average Bonchev–Trinajstić information content (AvgIpc) is 2.94. The Balaban J connectivity index is 1.72. The minimum atomic E-state index is 0.636. The van der Waals surface area contributed by atoms with Gasteiger partial charge >= 0.3 is 0 Å². The zero-order valence-electron chi connectivity index (χ0n) is 10.0. The Labute approximate surface area is 115 Å². The Hall–Kier alpha value is -0.640. The molecule has 2 aliphatic heterocycles. The summed E-state index contributed by atoms with van der Waals surface area (Å²) < 4.78 is 1.23. The first kappa shape index (κ1) is 11.2. The lowest BCUT2D eigenvalue weighted by Crippen LogP contribution is -2.37. The van der Waals surface area contributed by atoms with Gasteiger partial charge in [-0.2, -0.15) is 0 Å². The fraction of sp³-hybridized carbons (Fsp3) is 0.500. The van der Waals surface area contributed by atoms with Crippen molar-refractivity contribution in [2.24, 2.45) is 0 Å². The highest BCUT2D eigenvalue weighted by atomic mass is 35.5. The zero-order chi connectivity index (χ0) is 12.1. The molecule has 1 unspecified atom stereocenters. The SMILES string of the molecule is Clc1cccc2sc(C3C[C@H]4CC[C@@H](C3)N4)nc12. The Morgan fingerprint density at radius 1 is 1.22 bits per heavy atom. The first-order valence-electron chi connectivity index (χ1n) is 6.60. The summed E-state index contributed by atoms with van der Waals surface area (Å²) in [6.45, 7) is 0. The number of halogens is 1. The first-order valence-corrected chi connectivity index (χ1v) is 7.80. The largest absolute Gasteiger partial charge is 0.311 e. The van der Waals surface area contributed by atoms with Gasteiger partial charge in [-0.1, -0.05) is 17.7 Å². The van der Waals surface area contributed by atoms with Gasteiger partial charge < -0.3 is 5.32 Å². The van der Waals surface area contributed by atoms with Gasteiger partial charge in [0.2, 0.25) is 0 Å². The van der Waals surface area contributed by atoms with Crippen LogP contribution in [-0.2, 0) is 0 Å². The lowest BCUT2D eigenvalue weighted by Gasteiger charge is -2.27. The van der Waals surface area contributed by atoms with Crippen LogP contribution in [0.4, 0.5) is 0 Å². The van der Waals surface area contributed by atoms with Crippen LogP contribution in [0.3, 0.4) is 0 Å². The summed E-state index contributed by atoms with van der Waals surface area (Å²) in [5.74, 6) is 0.636. The minimum absolute atomic E-state index is 0.636. The van der Waals surface area contributed by atoms with Gasteiger partial charge in [-0.25, -0.2) is 4.98 Å². The molecule has 18 heavy (non-hydrogen) atoms. The number of nitrogens with one attached hydrogen (secondary N) is 1. The molecule has 2 aliphatic rings. The molecule has 0 aliphatic carbocycles. The van der Waals surface area contributed by atoms with Crippen molar-refractivity contribution >= 4 is 33.2 Å². The molecule has 3 atom stereocenters. The molecule has 2 nitrogen and oxygen atoms in total. The molecule has 4 rings (SSSR count). The summed E-state index contributed by atoms with van der Waals surface area (Å²) >= 11 is 8.04. The number of rotatable bonds is 1. The van der Waals surface area contributed by atoms with Gasteiger partial charge in [0, 0.05) is 18.0 Å². The van der Waals surface area contributed by atoms with E-state index in [9.17, 15) is 0 Å². The molecular formula is C14H15ClN2S. The van der Waals surface area contributed by atoms with E-state index < -0.39 is 0 Å². The topological polar surface area (TPSA) is 24.9 Å². The van der Waals surface area contributed by atoms with Gasteiger partial charge in [-0.3, -0.25) is 0 Å². The van der Waals surface area contributed by atoms with Gasteiger partial charge in [0.05, 0.1) is 14.7 Å². The van der Waals surface area contributed by atoms with Crippen LogP contribution in [0.1, 0.15) is 36.6 Å². The molecule has 3 heterocycles. The second kappa shape index (κ2) is 4.19. The van der Waals surface area contributed by atoms with Gasteiger partial charge in [0.1, 0.15) is 5.52 Å². The van der Waals surface area contributed by atoms with Crippen LogP contribution in [0.25, 0.3) is 10.2 Å². The summed E-state index contributed by atoms with van der Waals surface area (Å²) in [6.07, 6.45) is 5.17. The number of hydrogen-bond donors (Lipinski definition) is 1. The molecule has 1 aromatic carbocycles. The maximum Gasteiger partial charge on any atom is 0.100 e. The highest BCUT2D eigenvalue weighted by Gasteiger charge is 2.35. The van der Waals surface area contributed by atoms with Crippen molar-refractivity contribution in [2.45, 2.75) is 43.7 Å². The number of para-hydroxylation sites is 1. The summed E-state index contributed by atoms with van der Waals surface area (Å²) in [5, 5.41) is 5.76. The van der Waals surface area contributed by atoms with E-state index in [1.165, 1.54) is 35.4 Å². The Kier molecular flexibility index (Phi) is 2.61. The maximum atomic E-state index is 6.21. The molecule has 2 saturated heterocycles. The minimum Gasteiger partial charge on any atom is -0.311 e. The third-order valence-corrected chi connectivity index (χ3v) is 5.70. The molecule has 1 N–H and O–H groups in total. The lowest BCUT2D eigenvalue weighted by atomic mass is 9.93. The summed E-state index contributed by atoms with van der Waals surface area (Å²) in [7, 11) is 0. The van der Waals surface area contributed by atoms with Crippen molar-refractivity contribution in [3.63, 3.8) is 0 Å². The molecule has 2 fully saturated rings. The third kappa shape index (κ3) is 1.77. The van der Waals surface area contributed by atoms with E-state index in [0.717, 1.165) is 22.6 Å². The van der Waals surface area contributed by atoms with E-state index in [1.807, 2.05) is 23.5 Å². The molecule has 0 amide bonds.